The highest BCUT2D eigenvalue weighted by Crippen LogP contribution is 2.54. The van der Waals surface area contributed by atoms with Crippen LogP contribution in [0.3, 0.4) is 0 Å². The second kappa shape index (κ2) is 3.25. The van der Waals surface area contributed by atoms with E-state index in [1.54, 1.807) is 0 Å². The molecule has 2 aliphatic rings. The largest absolute Gasteiger partial charge is 0.486 e. The lowest BCUT2D eigenvalue weighted by Crippen LogP contribution is -2.20. The predicted octanol–water partition coefficient (Wildman–Crippen LogP) is 2.23. The second-order valence-corrected chi connectivity index (χ2v) is 4.51. The van der Waals surface area contributed by atoms with Crippen LogP contribution in [0.1, 0.15) is 18.4 Å². The highest BCUT2D eigenvalue weighted by atomic mass is 35.5. The van der Waals surface area contributed by atoms with Gasteiger partial charge in [0.1, 0.15) is 13.2 Å². The lowest BCUT2D eigenvalue weighted by Gasteiger charge is -2.24. The van der Waals surface area contributed by atoms with Crippen molar-refractivity contribution in [2.45, 2.75) is 18.4 Å². The zero-order valence-electron chi connectivity index (χ0n) is 8.43. The molecule has 1 heterocycles. The Kier molecular flexibility index (Phi) is 2.06. The Balaban J connectivity index is 2.23. The topological polar surface area (TPSA) is 38.7 Å². The smallest absolute Gasteiger partial charge is 0.170 e. The summed E-state index contributed by atoms with van der Waals surface area (Å²) in [4.78, 5) is 0. The first kappa shape index (κ1) is 10.2. The van der Waals surface area contributed by atoms with Crippen LogP contribution in [0.4, 0.5) is 4.39 Å². The van der Waals surface area contributed by atoms with Crippen molar-refractivity contribution in [3.05, 3.63) is 22.5 Å². The van der Waals surface area contributed by atoms with Crippen molar-refractivity contribution in [1.29, 1.82) is 0 Å². The first-order valence-corrected chi connectivity index (χ1v) is 5.50. The van der Waals surface area contributed by atoms with Crippen molar-refractivity contribution in [1.82, 2.24) is 0 Å². The van der Waals surface area contributed by atoms with E-state index in [-0.39, 0.29) is 10.6 Å². The molecule has 0 aromatic heterocycles. The summed E-state index contributed by atoms with van der Waals surface area (Å²) in [6.07, 6.45) is 1.06. The Morgan fingerprint density at radius 2 is 2.00 bits per heavy atom. The van der Waals surface area contributed by atoms with Crippen LogP contribution in [-0.4, -0.2) is 18.3 Å². The van der Waals surface area contributed by atoms with Crippen LogP contribution < -0.4 is 9.47 Å². The summed E-state index contributed by atoms with van der Waals surface area (Å²) < 4.78 is 24.6. The molecular weight excluding hydrogens is 235 g/mol. The van der Waals surface area contributed by atoms with Crippen LogP contribution in [0, 0.1) is 5.82 Å². The van der Waals surface area contributed by atoms with Crippen LogP contribution in [0.15, 0.2) is 6.07 Å². The maximum Gasteiger partial charge on any atom is 0.170 e. The van der Waals surface area contributed by atoms with Crippen LogP contribution in [0.2, 0.25) is 5.02 Å². The van der Waals surface area contributed by atoms with Gasteiger partial charge in [0, 0.05) is 6.07 Å². The zero-order valence-corrected chi connectivity index (χ0v) is 9.18. The summed E-state index contributed by atoms with van der Waals surface area (Å²) >= 11 is 5.76. The van der Waals surface area contributed by atoms with Gasteiger partial charge in [-0.2, -0.15) is 0 Å². The minimum atomic E-state index is -1.13. The molecule has 1 N–H and O–H groups in total. The Hall–Kier alpha value is -1.00. The molecule has 0 unspecified atom stereocenters. The van der Waals surface area contributed by atoms with E-state index >= 15 is 0 Å². The van der Waals surface area contributed by atoms with E-state index in [0.29, 0.717) is 37.6 Å². The summed E-state index contributed by atoms with van der Waals surface area (Å²) in [7, 11) is 0. The number of aliphatic hydroxyl groups is 1. The van der Waals surface area contributed by atoms with Gasteiger partial charge in [-0.15, -0.1) is 0 Å². The van der Waals surface area contributed by atoms with Gasteiger partial charge in [0.2, 0.25) is 0 Å². The van der Waals surface area contributed by atoms with Gasteiger partial charge in [-0.1, -0.05) is 11.6 Å². The molecule has 0 radical (unpaired) electrons. The van der Waals surface area contributed by atoms with E-state index < -0.39 is 11.4 Å². The highest BCUT2D eigenvalue weighted by Gasteiger charge is 2.48. The Morgan fingerprint density at radius 1 is 1.31 bits per heavy atom. The van der Waals surface area contributed by atoms with E-state index in [9.17, 15) is 9.50 Å². The molecule has 3 rings (SSSR count). The van der Waals surface area contributed by atoms with Gasteiger partial charge in [0.15, 0.2) is 17.3 Å². The fraction of sp³-hybridized carbons (Fsp3) is 0.455. The van der Waals surface area contributed by atoms with Gasteiger partial charge < -0.3 is 14.6 Å². The maximum atomic E-state index is 13.9. The molecule has 1 saturated carbocycles. The first-order valence-electron chi connectivity index (χ1n) is 5.12. The molecular formula is C11H10ClFO3. The minimum absolute atomic E-state index is 0.0421. The third-order valence-corrected chi connectivity index (χ3v) is 3.19. The average Bonchev–Trinajstić information content (AvgIpc) is 2.99. The highest BCUT2D eigenvalue weighted by molar-refractivity contribution is 6.31. The number of hydrogen-bond acceptors (Lipinski definition) is 3. The molecule has 1 fully saturated rings. The molecule has 16 heavy (non-hydrogen) atoms. The number of rotatable bonds is 1. The van der Waals surface area contributed by atoms with Crippen molar-refractivity contribution in [2.24, 2.45) is 0 Å². The van der Waals surface area contributed by atoms with E-state index in [1.807, 2.05) is 0 Å². The molecule has 1 aliphatic carbocycles. The fourth-order valence-electron chi connectivity index (χ4n) is 1.92. The van der Waals surface area contributed by atoms with Crippen LogP contribution in [-0.2, 0) is 5.60 Å². The molecule has 0 amide bonds. The SMILES string of the molecule is OC1(c2c(F)c(Cl)cc3c2OCCO3)CC1. The van der Waals surface area contributed by atoms with Gasteiger partial charge in [-0.25, -0.2) is 4.39 Å². The third kappa shape index (κ3) is 1.37. The number of ether oxygens (including phenoxy) is 2. The van der Waals surface area contributed by atoms with Gasteiger partial charge in [-0.05, 0) is 12.8 Å². The number of benzene rings is 1. The average molecular weight is 245 g/mol. The zero-order chi connectivity index (χ0) is 11.3. The van der Waals surface area contributed by atoms with Gasteiger partial charge in [-0.3, -0.25) is 0 Å². The number of hydrogen-bond donors (Lipinski definition) is 1. The maximum absolute atomic E-state index is 13.9. The van der Waals surface area contributed by atoms with Crippen LogP contribution >= 0.6 is 11.6 Å². The van der Waals surface area contributed by atoms with Crippen molar-refractivity contribution >= 4 is 11.6 Å². The van der Waals surface area contributed by atoms with Crippen molar-refractivity contribution < 1.29 is 19.0 Å². The first-order chi connectivity index (χ1) is 7.62. The van der Waals surface area contributed by atoms with E-state index in [4.69, 9.17) is 21.1 Å². The number of fused-ring (bicyclic) bond motifs is 1. The quantitative estimate of drug-likeness (QED) is 0.823. The molecule has 1 aliphatic heterocycles. The standard InChI is InChI=1S/C11H10ClFO3/c12-6-5-7-10(16-4-3-15-7)8(9(6)13)11(14)1-2-11/h5,14H,1-4H2. The normalized spacial score (nSPS) is 20.7. The molecule has 1 aromatic rings. The molecule has 5 heteroatoms. The summed E-state index contributed by atoms with van der Waals surface area (Å²) in [5.41, 5.74) is -0.977. The summed E-state index contributed by atoms with van der Waals surface area (Å²) in [5.74, 6) is 0.104. The van der Waals surface area contributed by atoms with Crippen LogP contribution in [0.5, 0.6) is 11.5 Å². The Labute approximate surface area is 96.7 Å². The monoisotopic (exact) mass is 244 g/mol. The van der Waals surface area contributed by atoms with Crippen LogP contribution in [0.25, 0.3) is 0 Å². The van der Waals surface area contributed by atoms with Crippen molar-refractivity contribution in [2.75, 3.05) is 13.2 Å². The Bertz CT molecular complexity index is 457. The molecule has 0 bridgehead atoms. The molecule has 1 aromatic carbocycles. The molecule has 3 nitrogen and oxygen atoms in total. The fourth-order valence-corrected chi connectivity index (χ4v) is 2.11. The summed E-state index contributed by atoms with van der Waals surface area (Å²) in [6.45, 7) is 0.768. The van der Waals surface area contributed by atoms with E-state index in [2.05, 4.69) is 0 Å². The van der Waals surface area contributed by atoms with Gasteiger partial charge in [0.25, 0.3) is 0 Å². The molecule has 0 atom stereocenters. The predicted molar refractivity (Wildman–Crippen MR) is 55.5 cm³/mol. The molecule has 0 saturated heterocycles. The molecule has 0 spiro atoms. The van der Waals surface area contributed by atoms with Crippen molar-refractivity contribution in [3.8, 4) is 11.5 Å². The Morgan fingerprint density at radius 3 is 2.69 bits per heavy atom. The minimum Gasteiger partial charge on any atom is -0.486 e. The molecule has 86 valence electrons. The third-order valence-electron chi connectivity index (χ3n) is 2.91. The van der Waals surface area contributed by atoms with E-state index in [0.717, 1.165) is 0 Å². The lowest BCUT2D eigenvalue weighted by molar-refractivity contribution is 0.125. The summed E-state index contributed by atoms with van der Waals surface area (Å²) in [6, 6.07) is 1.39. The number of halogens is 2. The van der Waals surface area contributed by atoms with E-state index in [1.165, 1.54) is 6.07 Å². The van der Waals surface area contributed by atoms with Crippen molar-refractivity contribution in [3.63, 3.8) is 0 Å². The van der Waals surface area contributed by atoms with Gasteiger partial charge in [0.05, 0.1) is 16.2 Å². The lowest BCUT2D eigenvalue weighted by atomic mass is 10.0. The summed E-state index contributed by atoms with van der Waals surface area (Å²) in [5, 5.41) is 9.99. The second-order valence-electron chi connectivity index (χ2n) is 4.10. The van der Waals surface area contributed by atoms with Gasteiger partial charge >= 0.3 is 0 Å².